The highest BCUT2D eigenvalue weighted by Gasteiger charge is 2.20. The van der Waals surface area contributed by atoms with E-state index in [-0.39, 0.29) is 0 Å². The van der Waals surface area contributed by atoms with Gasteiger partial charge in [0.15, 0.2) is 0 Å². The summed E-state index contributed by atoms with van der Waals surface area (Å²) in [6.45, 7) is 0. The van der Waals surface area contributed by atoms with Crippen molar-refractivity contribution in [2.45, 2.75) is 0 Å². The number of aromatic nitrogens is 2. The summed E-state index contributed by atoms with van der Waals surface area (Å²) in [5.74, 6) is 0.881. The zero-order valence-electron chi connectivity index (χ0n) is 26.1. The fourth-order valence-electron chi connectivity index (χ4n) is 7.68. The van der Waals surface area contributed by atoms with E-state index in [2.05, 4.69) is 167 Å². The number of hydrogen-bond acceptors (Lipinski definition) is 2. The summed E-state index contributed by atoms with van der Waals surface area (Å²) in [5, 5.41) is 10.2. The fourth-order valence-corrected chi connectivity index (χ4v) is 7.68. The van der Waals surface area contributed by atoms with Crippen LogP contribution in [0, 0.1) is 0 Å². The van der Waals surface area contributed by atoms with Gasteiger partial charge in [-0.2, -0.15) is 0 Å². The molecule has 0 atom stereocenters. The van der Waals surface area contributed by atoms with Gasteiger partial charge in [-0.25, -0.2) is 4.98 Å². The average Bonchev–Trinajstić information content (AvgIpc) is 3.49. The molecule has 10 aromatic rings. The molecule has 0 saturated heterocycles. The van der Waals surface area contributed by atoms with Crippen molar-refractivity contribution < 1.29 is 0 Å². The van der Waals surface area contributed by atoms with Crippen LogP contribution < -0.4 is 4.90 Å². The number of nitrogens with zero attached hydrogens (tertiary/aromatic N) is 3. The molecule has 0 spiro atoms. The first kappa shape index (κ1) is 26.7. The van der Waals surface area contributed by atoms with Crippen LogP contribution in [0.2, 0.25) is 0 Å². The van der Waals surface area contributed by atoms with Crippen molar-refractivity contribution in [2.24, 2.45) is 0 Å². The lowest BCUT2D eigenvalue weighted by Gasteiger charge is -2.24. The van der Waals surface area contributed by atoms with E-state index < -0.39 is 0 Å². The van der Waals surface area contributed by atoms with Gasteiger partial charge < -0.3 is 4.57 Å². The SMILES string of the molecule is c1ccc(N(c2ccccc2)c2ccc(-c3ccc4ccc5cc6c(c7ccc3c4c57)c3ccccc3n6-c3ccccc3)cn2)cc1. The van der Waals surface area contributed by atoms with Gasteiger partial charge in [-0.05, 0) is 98.5 Å². The molecule has 0 aliphatic rings. The third-order valence-corrected chi connectivity index (χ3v) is 9.75. The van der Waals surface area contributed by atoms with Crippen LogP contribution in [0.3, 0.4) is 0 Å². The number of benzene rings is 8. The van der Waals surface area contributed by atoms with E-state index in [1.807, 2.05) is 18.3 Å². The van der Waals surface area contributed by atoms with Gasteiger partial charge in [-0.3, -0.25) is 4.90 Å². The second-order valence-electron chi connectivity index (χ2n) is 12.4. The first-order valence-corrected chi connectivity index (χ1v) is 16.4. The smallest absolute Gasteiger partial charge is 0.137 e. The van der Waals surface area contributed by atoms with Gasteiger partial charge in [0, 0.05) is 39.6 Å². The van der Waals surface area contributed by atoms with Crippen molar-refractivity contribution in [3.8, 4) is 16.8 Å². The third-order valence-electron chi connectivity index (χ3n) is 9.75. The average molecular weight is 612 g/mol. The number of para-hydroxylation sites is 4. The van der Waals surface area contributed by atoms with E-state index in [9.17, 15) is 0 Å². The topological polar surface area (TPSA) is 21.1 Å². The Morgan fingerprint density at radius 1 is 0.438 bits per heavy atom. The number of hydrogen-bond donors (Lipinski definition) is 0. The summed E-state index contributed by atoms with van der Waals surface area (Å²) in [5.41, 5.74) is 8.07. The van der Waals surface area contributed by atoms with Gasteiger partial charge in [-0.1, -0.05) is 109 Å². The number of anilines is 3. The normalized spacial score (nSPS) is 11.8. The molecule has 48 heavy (non-hydrogen) atoms. The Morgan fingerprint density at radius 2 is 1.06 bits per heavy atom. The van der Waals surface area contributed by atoms with Crippen molar-refractivity contribution >= 4 is 71.3 Å². The lowest BCUT2D eigenvalue weighted by molar-refractivity contribution is 1.18. The van der Waals surface area contributed by atoms with Gasteiger partial charge in [0.1, 0.15) is 5.82 Å². The summed E-state index contributed by atoms with van der Waals surface area (Å²) < 4.78 is 2.41. The minimum absolute atomic E-state index is 0.881. The van der Waals surface area contributed by atoms with Crippen LogP contribution in [0.1, 0.15) is 0 Å². The Bertz CT molecular complexity index is 2710. The predicted molar refractivity (Wildman–Crippen MR) is 202 cm³/mol. The molecule has 0 unspecified atom stereocenters. The van der Waals surface area contributed by atoms with Gasteiger partial charge >= 0.3 is 0 Å². The van der Waals surface area contributed by atoms with E-state index in [1.165, 1.54) is 65.4 Å². The molecule has 0 fully saturated rings. The first-order chi connectivity index (χ1) is 23.8. The molecule has 10 rings (SSSR count). The lowest BCUT2D eigenvalue weighted by Crippen LogP contribution is -2.11. The molecule has 0 saturated carbocycles. The van der Waals surface area contributed by atoms with E-state index in [1.54, 1.807) is 0 Å². The van der Waals surface area contributed by atoms with Crippen molar-refractivity contribution in [1.82, 2.24) is 9.55 Å². The maximum atomic E-state index is 5.05. The minimum Gasteiger partial charge on any atom is -0.309 e. The molecular weight excluding hydrogens is 583 g/mol. The second-order valence-corrected chi connectivity index (χ2v) is 12.4. The molecule has 224 valence electrons. The summed E-state index contributed by atoms with van der Waals surface area (Å²) in [6, 6.07) is 60.8. The Hall–Kier alpha value is -6.45. The summed E-state index contributed by atoms with van der Waals surface area (Å²) in [4.78, 5) is 7.25. The molecule has 0 radical (unpaired) electrons. The summed E-state index contributed by atoms with van der Waals surface area (Å²) in [7, 11) is 0. The van der Waals surface area contributed by atoms with Gasteiger partial charge in [0.25, 0.3) is 0 Å². The first-order valence-electron chi connectivity index (χ1n) is 16.4. The highest BCUT2D eigenvalue weighted by atomic mass is 15.2. The summed E-state index contributed by atoms with van der Waals surface area (Å²) >= 11 is 0. The van der Waals surface area contributed by atoms with Crippen molar-refractivity contribution in [3.63, 3.8) is 0 Å². The van der Waals surface area contributed by atoms with Gasteiger partial charge in [-0.15, -0.1) is 0 Å². The third kappa shape index (κ3) is 3.98. The van der Waals surface area contributed by atoms with Gasteiger partial charge in [0.2, 0.25) is 0 Å². The van der Waals surface area contributed by atoms with Crippen LogP contribution in [0.25, 0.3) is 70.9 Å². The molecule has 0 bridgehead atoms. The molecule has 0 aliphatic carbocycles. The van der Waals surface area contributed by atoms with Crippen molar-refractivity contribution in [3.05, 3.63) is 176 Å². The molecule has 3 heteroatoms. The summed E-state index contributed by atoms with van der Waals surface area (Å²) in [6.07, 6.45) is 2.02. The van der Waals surface area contributed by atoms with Crippen LogP contribution >= 0.6 is 0 Å². The van der Waals surface area contributed by atoms with E-state index >= 15 is 0 Å². The second kappa shape index (κ2) is 10.5. The zero-order valence-corrected chi connectivity index (χ0v) is 26.1. The van der Waals surface area contributed by atoms with E-state index in [0.717, 1.165) is 22.8 Å². The molecule has 0 N–H and O–H groups in total. The Balaban J connectivity index is 1.17. The van der Waals surface area contributed by atoms with Crippen LogP contribution in [0.4, 0.5) is 17.2 Å². The molecule has 2 heterocycles. The lowest BCUT2D eigenvalue weighted by atomic mass is 9.89. The predicted octanol–water partition coefficient (Wildman–Crippen LogP) is 12.2. The van der Waals surface area contributed by atoms with Crippen molar-refractivity contribution in [1.29, 1.82) is 0 Å². The molecule has 0 amide bonds. The number of fused-ring (bicyclic) bond motifs is 4. The van der Waals surface area contributed by atoms with Crippen LogP contribution in [-0.4, -0.2) is 9.55 Å². The molecular formula is C45H29N3. The van der Waals surface area contributed by atoms with Gasteiger partial charge in [0.05, 0.1) is 11.0 Å². The Labute approximate surface area is 277 Å². The molecule has 8 aromatic carbocycles. The molecule has 0 aliphatic heterocycles. The maximum Gasteiger partial charge on any atom is 0.137 e. The Kier molecular flexibility index (Phi) is 5.87. The van der Waals surface area contributed by atoms with Crippen LogP contribution in [0.15, 0.2) is 176 Å². The highest BCUT2D eigenvalue weighted by molar-refractivity contribution is 6.34. The van der Waals surface area contributed by atoms with Crippen molar-refractivity contribution in [2.75, 3.05) is 4.90 Å². The quantitative estimate of drug-likeness (QED) is 0.181. The zero-order chi connectivity index (χ0) is 31.6. The van der Waals surface area contributed by atoms with Crippen LogP contribution in [-0.2, 0) is 0 Å². The highest BCUT2D eigenvalue weighted by Crippen LogP contribution is 2.45. The molecule has 3 nitrogen and oxygen atoms in total. The number of pyridine rings is 1. The molecule has 2 aromatic heterocycles. The standard InChI is InChI=1S/C45H29N3/c1-4-12-33(13-5-1)47(34-14-6-2-7-15-34)42-27-23-32(29-46-42)36-24-22-30-20-21-31-28-41-45(39-26-25-37(36)43(30)44(31)39)38-18-10-11-19-40(38)48(41)35-16-8-3-9-17-35/h1-29H. The number of rotatable bonds is 5. The van der Waals surface area contributed by atoms with E-state index in [4.69, 9.17) is 4.98 Å². The minimum atomic E-state index is 0.881. The monoisotopic (exact) mass is 611 g/mol. The van der Waals surface area contributed by atoms with Crippen LogP contribution in [0.5, 0.6) is 0 Å². The fraction of sp³-hybridized carbons (Fsp3) is 0. The van der Waals surface area contributed by atoms with E-state index in [0.29, 0.717) is 0 Å². The largest absolute Gasteiger partial charge is 0.309 e. The maximum absolute atomic E-state index is 5.05. The Morgan fingerprint density at radius 3 is 1.79 bits per heavy atom.